The van der Waals surface area contributed by atoms with E-state index in [0.717, 1.165) is 17.1 Å². The molecular formula is C12H15N3O. The molecule has 84 valence electrons. The summed E-state index contributed by atoms with van der Waals surface area (Å²) in [5, 5.41) is 0. The molecule has 0 bridgehead atoms. The zero-order valence-corrected chi connectivity index (χ0v) is 9.47. The predicted molar refractivity (Wildman–Crippen MR) is 63.1 cm³/mol. The summed E-state index contributed by atoms with van der Waals surface area (Å²) in [6, 6.07) is 7.90. The van der Waals surface area contributed by atoms with Gasteiger partial charge in [-0.3, -0.25) is 0 Å². The third-order valence-electron chi connectivity index (χ3n) is 2.44. The third kappa shape index (κ3) is 2.16. The highest BCUT2D eigenvalue weighted by atomic mass is 16.5. The molecule has 0 amide bonds. The van der Waals surface area contributed by atoms with Gasteiger partial charge >= 0.3 is 0 Å². The molecule has 0 saturated heterocycles. The quantitative estimate of drug-likeness (QED) is 0.854. The molecule has 16 heavy (non-hydrogen) atoms. The summed E-state index contributed by atoms with van der Waals surface area (Å²) in [4.78, 5) is 4.17. The first-order valence-corrected chi connectivity index (χ1v) is 5.13. The summed E-state index contributed by atoms with van der Waals surface area (Å²) < 4.78 is 7.55. The van der Waals surface area contributed by atoms with Crippen molar-refractivity contribution >= 4 is 5.82 Å². The molecule has 2 rings (SSSR count). The van der Waals surface area contributed by atoms with E-state index in [1.54, 1.807) is 6.20 Å². The van der Waals surface area contributed by atoms with E-state index in [9.17, 15) is 0 Å². The molecule has 0 aliphatic carbocycles. The molecule has 2 N–H and O–H groups in total. The molecule has 2 aromatic rings. The van der Waals surface area contributed by atoms with Gasteiger partial charge in [-0.25, -0.2) is 4.98 Å². The van der Waals surface area contributed by atoms with E-state index >= 15 is 0 Å². The molecular weight excluding hydrogens is 202 g/mol. The molecule has 1 aromatic heterocycles. The lowest BCUT2D eigenvalue weighted by molar-refractivity contribution is 0.290. The van der Waals surface area contributed by atoms with Crippen molar-refractivity contribution in [2.75, 3.05) is 5.73 Å². The van der Waals surface area contributed by atoms with Crippen LogP contribution in [0.4, 0.5) is 5.82 Å². The second-order valence-electron chi connectivity index (χ2n) is 3.75. The monoisotopic (exact) mass is 217 g/mol. The number of ether oxygens (including phenoxy) is 1. The Bertz CT molecular complexity index is 491. The Morgan fingerprint density at radius 3 is 2.75 bits per heavy atom. The van der Waals surface area contributed by atoms with Gasteiger partial charge in [0.05, 0.1) is 0 Å². The maximum Gasteiger partial charge on any atom is 0.149 e. The van der Waals surface area contributed by atoms with Crippen LogP contribution in [0.1, 0.15) is 11.4 Å². The Morgan fingerprint density at radius 2 is 2.12 bits per heavy atom. The number of imidazole rings is 1. The SMILES string of the molecule is Cc1ccccc1OCc1nc(N)cn1C. The summed E-state index contributed by atoms with van der Waals surface area (Å²) in [7, 11) is 1.90. The van der Waals surface area contributed by atoms with E-state index in [4.69, 9.17) is 10.5 Å². The fourth-order valence-electron chi connectivity index (χ4n) is 1.52. The highest BCUT2D eigenvalue weighted by molar-refractivity contribution is 5.32. The highest BCUT2D eigenvalue weighted by Gasteiger charge is 2.04. The van der Waals surface area contributed by atoms with Crippen LogP contribution < -0.4 is 10.5 Å². The molecule has 4 heteroatoms. The summed E-state index contributed by atoms with van der Waals surface area (Å²) >= 11 is 0. The number of aryl methyl sites for hydroxylation is 2. The van der Waals surface area contributed by atoms with Crippen LogP contribution in [0, 0.1) is 6.92 Å². The summed E-state index contributed by atoms with van der Waals surface area (Å²) in [5.74, 6) is 2.22. The number of benzene rings is 1. The van der Waals surface area contributed by atoms with Gasteiger partial charge in [-0.2, -0.15) is 0 Å². The van der Waals surface area contributed by atoms with Crippen molar-refractivity contribution < 1.29 is 4.74 Å². The molecule has 0 fully saturated rings. The van der Waals surface area contributed by atoms with Crippen LogP contribution in [0.2, 0.25) is 0 Å². The Balaban J connectivity index is 2.08. The Morgan fingerprint density at radius 1 is 1.38 bits per heavy atom. The van der Waals surface area contributed by atoms with Crippen LogP contribution in [-0.2, 0) is 13.7 Å². The summed E-state index contributed by atoms with van der Waals surface area (Å²) in [6.45, 7) is 2.45. The van der Waals surface area contributed by atoms with Gasteiger partial charge < -0.3 is 15.0 Å². The fraction of sp³-hybridized carbons (Fsp3) is 0.250. The molecule has 0 atom stereocenters. The van der Waals surface area contributed by atoms with Crippen molar-refractivity contribution in [2.45, 2.75) is 13.5 Å². The van der Waals surface area contributed by atoms with Gasteiger partial charge in [-0.15, -0.1) is 0 Å². The van der Waals surface area contributed by atoms with Crippen LogP contribution >= 0.6 is 0 Å². The van der Waals surface area contributed by atoms with Gasteiger partial charge in [-0.1, -0.05) is 18.2 Å². The van der Waals surface area contributed by atoms with E-state index in [2.05, 4.69) is 4.98 Å². The lowest BCUT2D eigenvalue weighted by atomic mass is 10.2. The largest absolute Gasteiger partial charge is 0.485 e. The van der Waals surface area contributed by atoms with Crippen molar-refractivity contribution in [1.82, 2.24) is 9.55 Å². The number of nitrogen functional groups attached to an aromatic ring is 1. The van der Waals surface area contributed by atoms with Gasteiger partial charge in [0.15, 0.2) is 0 Å². The first-order chi connectivity index (χ1) is 7.66. The van der Waals surface area contributed by atoms with Gasteiger partial charge in [0, 0.05) is 13.2 Å². The maximum atomic E-state index is 5.68. The average Bonchev–Trinajstić information content (AvgIpc) is 2.56. The van der Waals surface area contributed by atoms with Crippen molar-refractivity contribution in [3.63, 3.8) is 0 Å². The number of nitrogens with two attached hydrogens (primary N) is 1. The predicted octanol–water partition coefficient (Wildman–Crippen LogP) is 1.89. The lowest BCUT2D eigenvalue weighted by Gasteiger charge is -2.08. The van der Waals surface area contributed by atoms with Crippen molar-refractivity contribution in [2.24, 2.45) is 7.05 Å². The number of anilines is 1. The molecule has 0 aliphatic rings. The van der Waals surface area contributed by atoms with Gasteiger partial charge in [-0.05, 0) is 18.6 Å². The fourth-order valence-corrected chi connectivity index (χ4v) is 1.52. The van der Waals surface area contributed by atoms with Gasteiger partial charge in [0.25, 0.3) is 0 Å². The molecule has 0 spiro atoms. The number of rotatable bonds is 3. The van der Waals surface area contributed by atoms with Crippen LogP contribution in [0.15, 0.2) is 30.5 Å². The van der Waals surface area contributed by atoms with Crippen LogP contribution in [-0.4, -0.2) is 9.55 Å². The van der Waals surface area contributed by atoms with E-state index < -0.39 is 0 Å². The molecule has 0 aliphatic heterocycles. The minimum Gasteiger partial charge on any atom is -0.485 e. The molecule has 0 saturated carbocycles. The molecule has 1 heterocycles. The van der Waals surface area contributed by atoms with E-state index in [-0.39, 0.29) is 0 Å². The zero-order chi connectivity index (χ0) is 11.5. The molecule has 1 aromatic carbocycles. The van der Waals surface area contributed by atoms with Crippen LogP contribution in [0.3, 0.4) is 0 Å². The minimum atomic E-state index is 0.429. The standard InChI is InChI=1S/C12H15N3O/c1-9-5-3-4-6-10(9)16-8-12-14-11(13)7-15(12)2/h3-7H,8,13H2,1-2H3. The van der Waals surface area contributed by atoms with E-state index in [1.807, 2.05) is 42.8 Å². The normalized spacial score (nSPS) is 10.4. The topological polar surface area (TPSA) is 53.1 Å². The maximum absolute atomic E-state index is 5.68. The zero-order valence-electron chi connectivity index (χ0n) is 9.47. The smallest absolute Gasteiger partial charge is 0.149 e. The molecule has 0 unspecified atom stereocenters. The number of para-hydroxylation sites is 1. The van der Waals surface area contributed by atoms with Crippen molar-refractivity contribution in [1.29, 1.82) is 0 Å². The molecule has 0 radical (unpaired) electrons. The molecule has 4 nitrogen and oxygen atoms in total. The summed E-state index contributed by atoms with van der Waals surface area (Å²) in [6.07, 6.45) is 1.77. The first kappa shape index (κ1) is 10.5. The summed E-state index contributed by atoms with van der Waals surface area (Å²) in [5.41, 5.74) is 6.71. The Labute approximate surface area is 94.7 Å². The Kier molecular flexibility index (Phi) is 2.81. The van der Waals surface area contributed by atoms with Crippen molar-refractivity contribution in [3.05, 3.63) is 41.9 Å². The second-order valence-corrected chi connectivity index (χ2v) is 3.75. The number of hydrogen-bond donors (Lipinski definition) is 1. The third-order valence-corrected chi connectivity index (χ3v) is 2.44. The lowest BCUT2D eigenvalue weighted by Crippen LogP contribution is -2.03. The highest BCUT2D eigenvalue weighted by Crippen LogP contribution is 2.17. The first-order valence-electron chi connectivity index (χ1n) is 5.13. The number of hydrogen-bond acceptors (Lipinski definition) is 3. The minimum absolute atomic E-state index is 0.429. The van der Waals surface area contributed by atoms with Gasteiger partial charge in [0.2, 0.25) is 0 Å². The second kappa shape index (κ2) is 4.26. The van der Waals surface area contributed by atoms with E-state index in [1.165, 1.54) is 0 Å². The van der Waals surface area contributed by atoms with E-state index in [0.29, 0.717) is 12.4 Å². The average molecular weight is 217 g/mol. The number of nitrogens with zero attached hydrogens (tertiary/aromatic N) is 2. The Hall–Kier alpha value is -1.97. The number of aromatic nitrogens is 2. The van der Waals surface area contributed by atoms with Crippen molar-refractivity contribution in [3.8, 4) is 5.75 Å². The van der Waals surface area contributed by atoms with Crippen LogP contribution in [0.5, 0.6) is 5.75 Å². The van der Waals surface area contributed by atoms with Gasteiger partial charge in [0.1, 0.15) is 24.0 Å². The van der Waals surface area contributed by atoms with Crippen LogP contribution in [0.25, 0.3) is 0 Å².